The normalized spacial score (nSPS) is 18.2. The molecule has 3 aromatic heterocycles. The van der Waals surface area contributed by atoms with Gasteiger partial charge in [-0.05, 0) is 73.9 Å². The zero-order chi connectivity index (χ0) is 30.4. The van der Waals surface area contributed by atoms with Crippen molar-refractivity contribution in [1.82, 2.24) is 19.9 Å². The molecule has 1 unspecified atom stereocenters. The summed E-state index contributed by atoms with van der Waals surface area (Å²) in [5.74, 6) is 1.08. The van der Waals surface area contributed by atoms with Gasteiger partial charge in [0, 0.05) is 48.6 Å². The Labute approximate surface area is 251 Å². The Morgan fingerprint density at radius 2 is 2.05 bits per heavy atom. The third kappa shape index (κ3) is 5.66. The number of nitrogens with one attached hydrogen (secondary N) is 1. The van der Waals surface area contributed by atoms with Crippen molar-refractivity contribution in [2.45, 2.75) is 58.2 Å². The van der Waals surface area contributed by atoms with Gasteiger partial charge < -0.3 is 25.8 Å². The minimum atomic E-state index is -0.991. The lowest BCUT2D eigenvalue weighted by atomic mass is 9.70. The standard InChI is InChI=1S/C33H37N7O3/c1-32(2,42)20-43-24-13-27(30-23(15-34)18-38-40(30)19-24)22-7-8-29(37-17-22)39-11-9-33(3,10-12-39)28-14-26-21(16-36-28)5-4-6-25(26)31(35)41/h4-8,13,17-19,28,36,42H,9-12,14,16,20H2,1-3H3,(H2,35,41). The fraction of sp³-hybridized carbons (Fsp3) is 0.394. The van der Waals surface area contributed by atoms with E-state index in [1.807, 2.05) is 36.5 Å². The van der Waals surface area contributed by atoms with Crippen LogP contribution in [-0.2, 0) is 13.0 Å². The summed E-state index contributed by atoms with van der Waals surface area (Å²) >= 11 is 0. The Balaban J connectivity index is 1.19. The summed E-state index contributed by atoms with van der Waals surface area (Å²) in [6, 6.07) is 14.2. The zero-order valence-electron chi connectivity index (χ0n) is 24.8. The van der Waals surface area contributed by atoms with Crippen LogP contribution in [0.4, 0.5) is 5.82 Å². The van der Waals surface area contributed by atoms with Crippen LogP contribution in [0.1, 0.15) is 60.7 Å². The molecule has 1 saturated heterocycles. The molecule has 43 heavy (non-hydrogen) atoms. The van der Waals surface area contributed by atoms with Crippen molar-refractivity contribution >= 4 is 17.2 Å². The fourth-order valence-electron chi connectivity index (χ4n) is 6.34. The first-order chi connectivity index (χ1) is 20.5. The highest BCUT2D eigenvalue weighted by Gasteiger charge is 2.40. The van der Waals surface area contributed by atoms with E-state index in [1.54, 1.807) is 30.8 Å². The summed E-state index contributed by atoms with van der Waals surface area (Å²) in [7, 11) is 0. The van der Waals surface area contributed by atoms with E-state index in [2.05, 4.69) is 34.4 Å². The van der Waals surface area contributed by atoms with Gasteiger partial charge in [-0.2, -0.15) is 10.4 Å². The molecule has 4 N–H and O–H groups in total. The van der Waals surface area contributed by atoms with E-state index in [4.69, 9.17) is 15.5 Å². The summed E-state index contributed by atoms with van der Waals surface area (Å²) in [6.07, 6.45) is 7.86. The number of hydrogen-bond acceptors (Lipinski definition) is 8. The number of hydrogen-bond donors (Lipinski definition) is 3. The minimum absolute atomic E-state index is 0.0732. The Bertz CT molecular complexity index is 1710. The number of carbonyl (C=O) groups excluding carboxylic acids is 1. The van der Waals surface area contributed by atoms with Gasteiger partial charge in [-0.15, -0.1) is 0 Å². The second kappa shape index (κ2) is 11.0. The topological polar surface area (TPSA) is 142 Å². The van der Waals surface area contributed by atoms with Gasteiger partial charge in [-0.3, -0.25) is 4.79 Å². The number of aliphatic hydroxyl groups is 1. The summed E-state index contributed by atoms with van der Waals surface area (Å²) in [4.78, 5) is 19.2. The lowest BCUT2D eigenvalue weighted by Gasteiger charge is -2.46. The number of primary amides is 1. The molecule has 1 amide bonds. The molecular weight excluding hydrogens is 542 g/mol. The van der Waals surface area contributed by atoms with E-state index in [0.717, 1.165) is 67.0 Å². The predicted molar refractivity (Wildman–Crippen MR) is 164 cm³/mol. The number of anilines is 1. The molecule has 222 valence electrons. The van der Waals surface area contributed by atoms with Gasteiger partial charge in [0.15, 0.2) is 0 Å². The first kappa shape index (κ1) is 28.6. The second-order valence-electron chi connectivity index (χ2n) is 12.6. The van der Waals surface area contributed by atoms with Crippen LogP contribution in [0.3, 0.4) is 0 Å². The van der Waals surface area contributed by atoms with E-state index in [1.165, 1.54) is 0 Å². The van der Waals surface area contributed by atoms with Crippen LogP contribution in [-0.4, -0.2) is 57.0 Å². The molecule has 5 heterocycles. The second-order valence-corrected chi connectivity index (χ2v) is 12.6. The van der Waals surface area contributed by atoms with E-state index in [9.17, 15) is 15.2 Å². The molecule has 0 radical (unpaired) electrons. The summed E-state index contributed by atoms with van der Waals surface area (Å²) in [5, 5.41) is 27.9. The number of fused-ring (bicyclic) bond motifs is 2. The number of nitrogens with zero attached hydrogens (tertiary/aromatic N) is 5. The molecule has 0 aliphatic carbocycles. The smallest absolute Gasteiger partial charge is 0.248 e. The summed E-state index contributed by atoms with van der Waals surface area (Å²) in [5.41, 5.74) is 10.4. The lowest BCUT2D eigenvalue weighted by molar-refractivity contribution is 0.0283. The molecular formula is C33H37N7O3. The molecule has 1 aromatic carbocycles. The summed E-state index contributed by atoms with van der Waals surface area (Å²) < 4.78 is 7.50. The lowest BCUT2D eigenvalue weighted by Crippen LogP contribution is -2.53. The van der Waals surface area contributed by atoms with Gasteiger partial charge in [-0.25, -0.2) is 9.50 Å². The van der Waals surface area contributed by atoms with Gasteiger partial charge in [0.25, 0.3) is 0 Å². The fourth-order valence-corrected chi connectivity index (χ4v) is 6.34. The highest BCUT2D eigenvalue weighted by molar-refractivity contribution is 5.94. The molecule has 2 aliphatic heterocycles. The Kier molecular flexibility index (Phi) is 7.32. The van der Waals surface area contributed by atoms with Crippen LogP contribution in [0.15, 0.2) is 55.0 Å². The average molecular weight is 580 g/mol. The van der Waals surface area contributed by atoms with Crippen molar-refractivity contribution in [1.29, 1.82) is 5.26 Å². The molecule has 1 fully saturated rings. The highest BCUT2D eigenvalue weighted by Crippen LogP contribution is 2.40. The number of benzene rings is 1. The molecule has 0 saturated carbocycles. The van der Waals surface area contributed by atoms with Crippen LogP contribution in [0.25, 0.3) is 16.6 Å². The first-order valence-electron chi connectivity index (χ1n) is 14.7. The van der Waals surface area contributed by atoms with Gasteiger partial charge in [0.2, 0.25) is 5.91 Å². The van der Waals surface area contributed by atoms with Crippen molar-refractivity contribution in [2.24, 2.45) is 11.1 Å². The molecule has 4 aromatic rings. The minimum Gasteiger partial charge on any atom is -0.489 e. The van der Waals surface area contributed by atoms with Crippen LogP contribution in [0.5, 0.6) is 5.75 Å². The van der Waals surface area contributed by atoms with Crippen molar-refractivity contribution in [3.05, 3.63) is 77.2 Å². The summed E-state index contributed by atoms with van der Waals surface area (Å²) in [6.45, 7) is 8.31. The molecule has 0 spiro atoms. The van der Waals surface area contributed by atoms with Gasteiger partial charge in [-0.1, -0.05) is 19.1 Å². The molecule has 6 rings (SSSR count). The highest BCUT2D eigenvalue weighted by atomic mass is 16.5. The zero-order valence-corrected chi connectivity index (χ0v) is 24.8. The largest absolute Gasteiger partial charge is 0.489 e. The van der Waals surface area contributed by atoms with Gasteiger partial charge in [0.1, 0.15) is 24.2 Å². The number of carbonyl (C=O) groups is 1. The number of piperidine rings is 1. The van der Waals surface area contributed by atoms with Crippen molar-refractivity contribution in [3.8, 4) is 22.9 Å². The van der Waals surface area contributed by atoms with Crippen molar-refractivity contribution < 1.29 is 14.6 Å². The van der Waals surface area contributed by atoms with E-state index in [-0.39, 0.29) is 24.0 Å². The van der Waals surface area contributed by atoms with Crippen molar-refractivity contribution in [2.75, 3.05) is 24.6 Å². The molecule has 10 heteroatoms. The maximum Gasteiger partial charge on any atom is 0.248 e. The quantitative estimate of drug-likeness (QED) is 0.300. The number of nitriles is 1. The SMILES string of the molecule is CC(C)(O)COc1cc(-c2ccc(N3CCC(C)(C4Cc5c(cccc5C(N)=O)CN4)CC3)nc2)c2c(C#N)cnn2c1. The Hall–Kier alpha value is -4.46. The maximum absolute atomic E-state index is 12.1. The number of amides is 1. The average Bonchev–Trinajstić information content (AvgIpc) is 3.42. The molecule has 10 nitrogen and oxygen atoms in total. The number of ether oxygens (including phenoxy) is 1. The number of pyridine rings is 2. The molecule has 2 aliphatic rings. The predicted octanol–water partition coefficient (Wildman–Crippen LogP) is 3.84. The van der Waals surface area contributed by atoms with E-state index in [0.29, 0.717) is 22.4 Å². The third-order valence-corrected chi connectivity index (χ3v) is 8.91. The number of nitrogens with two attached hydrogens (primary N) is 1. The monoisotopic (exact) mass is 579 g/mol. The Morgan fingerprint density at radius 3 is 2.72 bits per heavy atom. The number of rotatable bonds is 7. The van der Waals surface area contributed by atoms with E-state index >= 15 is 0 Å². The number of aromatic nitrogens is 3. The van der Waals surface area contributed by atoms with Crippen molar-refractivity contribution in [3.63, 3.8) is 0 Å². The van der Waals surface area contributed by atoms with Gasteiger partial charge in [0.05, 0.1) is 29.1 Å². The molecule has 1 atom stereocenters. The first-order valence-corrected chi connectivity index (χ1v) is 14.7. The van der Waals surface area contributed by atoms with Crippen LogP contribution in [0.2, 0.25) is 0 Å². The Morgan fingerprint density at radius 1 is 1.26 bits per heavy atom. The maximum atomic E-state index is 12.1. The van der Waals surface area contributed by atoms with Gasteiger partial charge >= 0.3 is 0 Å². The third-order valence-electron chi connectivity index (χ3n) is 8.91. The van der Waals surface area contributed by atoms with Crippen LogP contribution >= 0.6 is 0 Å². The van der Waals surface area contributed by atoms with Crippen LogP contribution < -0.4 is 20.7 Å². The van der Waals surface area contributed by atoms with E-state index < -0.39 is 5.60 Å². The van der Waals surface area contributed by atoms with Crippen LogP contribution in [0, 0.1) is 16.7 Å². The molecule has 0 bridgehead atoms.